The van der Waals surface area contributed by atoms with Crippen molar-refractivity contribution in [1.82, 2.24) is 4.90 Å². The van der Waals surface area contributed by atoms with Gasteiger partial charge in [0.05, 0.1) is 0 Å². The van der Waals surface area contributed by atoms with Gasteiger partial charge in [-0.25, -0.2) is 0 Å². The van der Waals surface area contributed by atoms with Gasteiger partial charge in [0.15, 0.2) is 0 Å². The van der Waals surface area contributed by atoms with Crippen LogP contribution < -0.4 is 4.74 Å². The van der Waals surface area contributed by atoms with E-state index < -0.39 is 0 Å². The van der Waals surface area contributed by atoms with Gasteiger partial charge in [0.1, 0.15) is 18.1 Å². The zero-order chi connectivity index (χ0) is 17.8. The lowest BCUT2D eigenvalue weighted by Crippen LogP contribution is -2.46. The summed E-state index contributed by atoms with van der Waals surface area (Å²) in [6.07, 6.45) is 9.00. The maximum Gasteiger partial charge on any atom is 0.119 e. The number of rotatable bonds is 5. The third kappa shape index (κ3) is 4.10. The van der Waals surface area contributed by atoms with Crippen LogP contribution in [0, 0.1) is 0 Å². The summed E-state index contributed by atoms with van der Waals surface area (Å²) in [7, 11) is 0. The largest absolute Gasteiger partial charge is 0.508 e. The van der Waals surface area contributed by atoms with Crippen molar-refractivity contribution in [2.45, 2.75) is 44.8 Å². The van der Waals surface area contributed by atoms with Crippen LogP contribution in [-0.2, 0) is 6.61 Å². The van der Waals surface area contributed by atoms with E-state index in [1.807, 2.05) is 24.3 Å². The molecule has 2 fully saturated rings. The Morgan fingerprint density at radius 3 is 2.42 bits per heavy atom. The van der Waals surface area contributed by atoms with Crippen molar-refractivity contribution >= 4 is 6.08 Å². The Morgan fingerprint density at radius 2 is 1.73 bits per heavy atom. The topological polar surface area (TPSA) is 32.7 Å². The van der Waals surface area contributed by atoms with Crippen molar-refractivity contribution in [2.24, 2.45) is 0 Å². The fourth-order valence-electron chi connectivity index (χ4n) is 3.89. The predicted octanol–water partition coefficient (Wildman–Crippen LogP) is 5.00. The minimum atomic E-state index is 0.283. The molecule has 2 aliphatic rings. The van der Waals surface area contributed by atoms with E-state index in [1.165, 1.54) is 50.8 Å². The minimum absolute atomic E-state index is 0.283. The SMILES string of the molecule is Oc1ccc(COc2ccc(C=C3CCCCC3N3CCC3)cc2)cc1. The van der Waals surface area contributed by atoms with Gasteiger partial charge in [-0.2, -0.15) is 0 Å². The van der Waals surface area contributed by atoms with Gasteiger partial charge >= 0.3 is 0 Å². The number of nitrogens with zero attached hydrogens (tertiary/aromatic N) is 1. The molecule has 2 aromatic carbocycles. The predicted molar refractivity (Wildman–Crippen MR) is 105 cm³/mol. The van der Waals surface area contributed by atoms with Crippen LogP contribution in [0.1, 0.15) is 43.2 Å². The first-order valence-electron chi connectivity index (χ1n) is 9.73. The first-order chi connectivity index (χ1) is 12.8. The molecule has 1 saturated carbocycles. The summed E-state index contributed by atoms with van der Waals surface area (Å²) < 4.78 is 5.85. The van der Waals surface area contributed by atoms with Gasteiger partial charge in [-0.15, -0.1) is 0 Å². The summed E-state index contributed by atoms with van der Waals surface area (Å²) in [6.45, 7) is 3.05. The Balaban J connectivity index is 1.39. The molecule has 1 heterocycles. The monoisotopic (exact) mass is 349 g/mol. The smallest absolute Gasteiger partial charge is 0.119 e. The zero-order valence-corrected chi connectivity index (χ0v) is 15.2. The van der Waals surface area contributed by atoms with E-state index in [4.69, 9.17) is 4.74 Å². The van der Waals surface area contributed by atoms with E-state index >= 15 is 0 Å². The lowest BCUT2D eigenvalue weighted by atomic mass is 9.86. The minimum Gasteiger partial charge on any atom is -0.508 e. The molecule has 136 valence electrons. The third-order valence-electron chi connectivity index (χ3n) is 5.53. The molecule has 0 aromatic heterocycles. The molecule has 1 saturated heterocycles. The molecule has 3 heteroatoms. The summed E-state index contributed by atoms with van der Waals surface area (Å²) in [5.74, 6) is 1.16. The van der Waals surface area contributed by atoms with E-state index in [1.54, 1.807) is 17.7 Å². The Labute approximate surface area is 155 Å². The van der Waals surface area contributed by atoms with E-state index in [9.17, 15) is 5.11 Å². The molecule has 2 aromatic rings. The van der Waals surface area contributed by atoms with Crippen molar-refractivity contribution < 1.29 is 9.84 Å². The number of aromatic hydroxyl groups is 1. The molecule has 1 aliphatic heterocycles. The number of benzene rings is 2. The summed E-state index contributed by atoms with van der Waals surface area (Å²) in [6, 6.07) is 16.2. The molecule has 4 rings (SSSR count). The number of phenolic OH excluding ortho intramolecular Hbond substituents is 1. The average Bonchev–Trinajstić information content (AvgIpc) is 2.63. The normalized spacial score (nSPS) is 22.2. The second-order valence-corrected chi connectivity index (χ2v) is 7.39. The second kappa shape index (κ2) is 7.96. The van der Waals surface area contributed by atoms with Gasteiger partial charge in [0, 0.05) is 6.04 Å². The molecule has 3 nitrogen and oxygen atoms in total. The first-order valence-corrected chi connectivity index (χ1v) is 9.73. The van der Waals surface area contributed by atoms with Crippen molar-refractivity contribution in [3.63, 3.8) is 0 Å². The van der Waals surface area contributed by atoms with Crippen molar-refractivity contribution in [3.05, 3.63) is 65.2 Å². The van der Waals surface area contributed by atoms with E-state index in [0.717, 1.165) is 11.3 Å². The lowest BCUT2D eigenvalue weighted by Gasteiger charge is -2.42. The van der Waals surface area contributed by atoms with Crippen LogP contribution in [0.3, 0.4) is 0 Å². The van der Waals surface area contributed by atoms with Gasteiger partial charge in [-0.3, -0.25) is 4.90 Å². The maximum atomic E-state index is 9.33. The summed E-state index contributed by atoms with van der Waals surface area (Å²) in [5.41, 5.74) is 3.92. The van der Waals surface area contributed by atoms with Crippen LogP contribution in [0.2, 0.25) is 0 Å². The quantitative estimate of drug-likeness (QED) is 0.824. The molecule has 1 aliphatic carbocycles. The van der Waals surface area contributed by atoms with Crippen molar-refractivity contribution in [2.75, 3.05) is 13.1 Å². The Hall–Kier alpha value is -2.26. The van der Waals surface area contributed by atoms with E-state index in [0.29, 0.717) is 12.6 Å². The van der Waals surface area contributed by atoms with Gasteiger partial charge in [-0.1, -0.05) is 42.3 Å². The highest BCUT2D eigenvalue weighted by molar-refractivity contribution is 5.55. The Kier molecular flexibility index (Phi) is 5.26. The molecule has 0 spiro atoms. The number of phenols is 1. The van der Waals surface area contributed by atoms with Gasteiger partial charge in [0.2, 0.25) is 0 Å². The van der Waals surface area contributed by atoms with Gasteiger partial charge in [0.25, 0.3) is 0 Å². The molecular weight excluding hydrogens is 322 g/mol. The fourth-order valence-corrected chi connectivity index (χ4v) is 3.89. The highest BCUT2D eigenvalue weighted by Gasteiger charge is 2.28. The third-order valence-corrected chi connectivity index (χ3v) is 5.53. The van der Waals surface area contributed by atoms with E-state index in [-0.39, 0.29) is 5.75 Å². The van der Waals surface area contributed by atoms with E-state index in [2.05, 4.69) is 23.1 Å². The highest BCUT2D eigenvalue weighted by atomic mass is 16.5. The molecule has 1 unspecified atom stereocenters. The maximum absolute atomic E-state index is 9.33. The summed E-state index contributed by atoms with van der Waals surface area (Å²) >= 11 is 0. The van der Waals surface area contributed by atoms with Crippen LogP contribution in [0.15, 0.2) is 54.1 Å². The summed E-state index contributed by atoms with van der Waals surface area (Å²) in [5, 5.41) is 9.33. The second-order valence-electron chi connectivity index (χ2n) is 7.39. The van der Waals surface area contributed by atoms with Crippen molar-refractivity contribution in [1.29, 1.82) is 0 Å². The lowest BCUT2D eigenvalue weighted by molar-refractivity contribution is 0.121. The number of likely N-dealkylation sites (tertiary alicyclic amines) is 1. The Bertz CT molecular complexity index is 745. The number of hydrogen-bond acceptors (Lipinski definition) is 3. The summed E-state index contributed by atoms with van der Waals surface area (Å²) in [4.78, 5) is 2.64. The zero-order valence-electron chi connectivity index (χ0n) is 15.2. The molecule has 1 N–H and O–H groups in total. The number of hydrogen-bond donors (Lipinski definition) is 1. The number of ether oxygens (including phenoxy) is 1. The van der Waals surface area contributed by atoms with Gasteiger partial charge < -0.3 is 9.84 Å². The van der Waals surface area contributed by atoms with Crippen LogP contribution in [0.5, 0.6) is 11.5 Å². The van der Waals surface area contributed by atoms with Crippen LogP contribution >= 0.6 is 0 Å². The molecular formula is C23H27NO2. The van der Waals surface area contributed by atoms with Crippen LogP contribution in [0.4, 0.5) is 0 Å². The highest BCUT2D eigenvalue weighted by Crippen LogP contribution is 2.32. The molecule has 0 radical (unpaired) electrons. The van der Waals surface area contributed by atoms with Crippen LogP contribution in [0.25, 0.3) is 6.08 Å². The average molecular weight is 349 g/mol. The molecule has 0 bridgehead atoms. The van der Waals surface area contributed by atoms with Crippen LogP contribution in [-0.4, -0.2) is 29.1 Å². The fraction of sp³-hybridized carbons (Fsp3) is 0.391. The van der Waals surface area contributed by atoms with Gasteiger partial charge in [-0.05, 0) is 74.2 Å². The standard InChI is InChI=1S/C23H27NO2/c25-21-10-6-19(7-11-21)17-26-22-12-8-18(9-13-22)16-20-4-1-2-5-23(20)24-14-3-15-24/h6-13,16,23,25H,1-5,14-15,17H2. The Morgan fingerprint density at radius 1 is 0.962 bits per heavy atom. The molecule has 0 amide bonds. The van der Waals surface area contributed by atoms with Crippen molar-refractivity contribution in [3.8, 4) is 11.5 Å². The molecule has 1 atom stereocenters. The molecule has 26 heavy (non-hydrogen) atoms. The first kappa shape index (κ1) is 17.2.